The zero-order chi connectivity index (χ0) is 15.2. The van der Waals surface area contributed by atoms with Gasteiger partial charge in [0.2, 0.25) is 11.0 Å². The van der Waals surface area contributed by atoms with Crippen LogP contribution >= 0.6 is 11.3 Å². The first-order valence-electron chi connectivity index (χ1n) is 7.17. The number of nitrogens with one attached hydrogen (secondary N) is 1. The van der Waals surface area contributed by atoms with E-state index in [0.717, 1.165) is 10.7 Å². The molecule has 0 atom stereocenters. The van der Waals surface area contributed by atoms with Crippen molar-refractivity contribution in [1.82, 2.24) is 20.1 Å². The molecule has 8 heteroatoms. The minimum Gasteiger partial charge on any atom is -0.378 e. The van der Waals surface area contributed by atoms with Crippen molar-refractivity contribution in [1.29, 1.82) is 0 Å². The van der Waals surface area contributed by atoms with E-state index in [0.29, 0.717) is 44.4 Å². The van der Waals surface area contributed by atoms with Crippen molar-refractivity contribution in [3.8, 4) is 10.7 Å². The summed E-state index contributed by atoms with van der Waals surface area (Å²) in [6, 6.07) is 5.67. The summed E-state index contributed by atoms with van der Waals surface area (Å²) in [6.07, 6.45) is 2.17. The minimum atomic E-state index is 0.144. The SMILES string of the molecule is O=C(CCNc1nnc(-c2ccccn2)s1)N1CCOCC1. The molecule has 0 radical (unpaired) electrons. The normalized spacial score (nSPS) is 14.8. The smallest absolute Gasteiger partial charge is 0.224 e. The predicted molar refractivity (Wildman–Crippen MR) is 83.6 cm³/mol. The fraction of sp³-hybridized carbons (Fsp3) is 0.429. The Morgan fingerprint density at radius 1 is 1.32 bits per heavy atom. The largest absolute Gasteiger partial charge is 0.378 e. The van der Waals surface area contributed by atoms with Gasteiger partial charge in [-0.2, -0.15) is 0 Å². The molecule has 1 amide bonds. The van der Waals surface area contributed by atoms with Gasteiger partial charge in [-0.25, -0.2) is 0 Å². The van der Waals surface area contributed by atoms with Gasteiger partial charge in [-0.3, -0.25) is 9.78 Å². The summed E-state index contributed by atoms with van der Waals surface area (Å²) in [4.78, 5) is 18.1. The number of hydrogen-bond donors (Lipinski definition) is 1. The van der Waals surface area contributed by atoms with Crippen LogP contribution in [0.4, 0.5) is 5.13 Å². The number of aromatic nitrogens is 3. The van der Waals surface area contributed by atoms with E-state index in [-0.39, 0.29) is 5.91 Å². The lowest BCUT2D eigenvalue weighted by atomic mass is 10.3. The van der Waals surface area contributed by atoms with Gasteiger partial charge >= 0.3 is 0 Å². The number of morpholine rings is 1. The summed E-state index contributed by atoms with van der Waals surface area (Å²) >= 11 is 1.43. The van der Waals surface area contributed by atoms with Crippen LogP contribution in [-0.4, -0.2) is 58.8 Å². The molecule has 2 aromatic heterocycles. The second-order valence-corrected chi connectivity index (χ2v) is 5.77. The summed E-state index contributed by atoms with van der Waals surface area (Å²) in [7, 11) is 0. The maximum Gasteiger partial charge on any atom is 0.224 e. The zero-order valence-corrected chi connectivity index (χ0v) is 12.9. The van der Waals surface area contributed by atoms with Crippen molar-refractivity contribution >= 4 is 22.4 Å². The average Bonchev–Trinajstić information content (AvgIpc) is 3.05. The Bertz CT molecular complexity index is 613. The van der Waals surface area contributed by atoms with Crippen LogP contribution < -0.4 is 5.32 Å². The lowest BCUT2D eigenvalue weighted by Gasteiger charge is -2.26. The molecule has 1 N–H and O–H groups in total. The van der Waals surface area contributed by atoms with Gasteiger partial charge in [0.15, 0.2) is 5.01 Å². The van der Waals surface area contributed by atoms with Crippen molar-refractivity contribution in [2.45, 2.75) is 6.42 Å². The molecule has 0 aliphatic carbocycles. The molecule has 1 fully saturated rings. The molecule has 1 aliphatic heterocycles. The number of rotatable bonds is 5. The van der Waals surface area contributed by atoms with Gasteiger partial charge < -0.3 is 15.0 Å². The first-order valence-corrected chi connectivity index (χ1v) is 7.99. The fourth-order valence-corrected chi connectivity index (χ4v) is 2.88. The topological polar surface area (TPSA) is 80.2 Å². The summed E-state index contributed by atoms with van der Waals surface area (Å²) in [6.45, 7) is 3.17. The molecular formula is C14H17N5O2S. The van der Waals surface area contributed by atoms with Crippen molar-refractivity contribution < 1.29 is 9.53 Å². The highest BCUT2D eigenvalue weighted by molar-refractivity contribution is 7.18. The maximum absolute atomic E-state index is 12.0. The van der Waals surface area contributed by atoms with Gasteiger partial charge in [0.05, 0.1) is 13.2 Å². The third-order valence-electron chi connectivity index (χ3n) is 3.29. The number of amides is 1. The van der Waals surface area contributed by atoms with Crippen LogP contribution in [0, 0.1) is 0 Å². The molecule has 3 rings (SSSR count). The van der Waals surface area contributed by atoms with E-state index in [1.165, 1.54) is 11.3 Å². The molecule has 0 saturated carbocycles. The Morgan fingerprint density at radius 2 is 2.18 bits per heavy atom. The van der Waals surface area contributed by atoms with Crippen LogP contribution in [0.25, 0.3) is 10.7 Å². The minimum absolute atomic E-state index is 0.144. The Morgan fingerprint density at radius 3 is 2.95 bits per heavy atom. The number of hydrogen-bond acceptors (Lipinski definition) is 7. The van der Waals surface area contributed by atoms with E-state index in [4.69, 9.17) is 4.74 Å². The highest BCUT2D eigenvalue weighted by Gasteiger charge is 2.16. The number of pyridine rings is 1. The number of nitrogens with zero attached hydrogens (tertiary/aromatic N) is 4. The number of anilines is 1. The number of ether oxygens (including phenoxy) is 1. The molecule has 116 valence electrons. The molecular weight excluding hydrogens is 302 g/mol. The highest BCUT2D eigenvalue weighted by atomic mass is 32.1. The van der Waals surface area contributed by atoms with Crippen molar-refractivity contribution in [2.75, 3.05) is 38.2 Å². The van der Waals surface area contributed by atoms with Crippen LogP contribution in [0.1, 0.15) is 6.42 Å². The van der Waals surface area contributed by atoms with Gasteiger partial charge in [-0.1, -0.05) is 17.4 Å². The third-order valence-corrected chi connectivity index (χ3v) is 4.19. The number of carbonyl (C=O) groups is 1. The Kier molecular flexibility index (Phi) is 4.92. The first kappa shape index (κ1) is 14.9. The van der Waals surface area contributed by atoms with Crippen LogP contribution in [0.3, 0.4) is 0 Å². The van der Waals surface area contributed by atoms with Gasteiger partial charge in [0.1, 0.15) is 5.69 Å². The van der Waals surface area contributed by atoms with E-state index in [1.807, 2.05) is 23.1 Å². The van der Waals surface area contributed by atoms with Crippen LogP contribution in [0.15, 0.2) is 24.4 Å². The Balaban J connectivity index is 1.48. The summed E-state index contributed by atoms with van der Waals surface area (Å²) < 4.78 is 5.24. The van der Waals surface area contributed by atoms with Gasteiger partial charge in [0, 0.05) is 32.3 Å². The first-order chi connectivity index (χ1) is 10.8. The van der Waals surface area contributed by atoms with Gasteiger partial charge in [0.25, 0.3) is 0 Å². The van der Waals surface area contributed by atoms with E-state index >= 15 is 0 Å². The van der Waals surface area contributed by atoms with Crippen molar-refractivity contribution in [3.05, 3.63) is 24.4 Å². The quantitative estimate of drug-likeness (QED) is 0.894. The second-order valence-electron chi connectivity index (χ2n) is 4.80. The lowest BCUT2D eigenvalue weighted by Crippen LogP contribution is -2.41. The van der Waals surface area contributed by atoms with E-state index in [9.17, 15) is 4.79 Å². The summed E-state index contributed by atoms with van der Waals surface area (Å²) in [5.74, 6) is 0.144. The van der Waals surface area contributed by atoms with E-state index < -0.39 is 0 Å². The number of carbonyl (C=O) groups excluding carboxylic acids is 1. The van der Waals surface area contributed by atoms with E-state index in [2.05, 4.69) is 20.5 Å². The van der Waals surface area contributed by atoms with Crippen LogP contribution in [0.5, 0.6) is 0 Å². The summed E-state index contributed by atoms with van der Waals surface area (Å²) in [5, 5.41) is 12.8. The van der Waals surface area contributed by atoms with Crippen molar-refractivity contribution in [3.63, 3.8) is 0 Å². The van der Waals surface area contributed by atoms with Crippen LogP contribution in [-0.2, 0) is 9.53 Å². The Hall–Kier alpha value is -2.06. The second kappa shape index (κ2) is 7.28. The molecule has 1 aliphatic rings. The Labute approximate surface area is 132 Å². The molecule has 0 bridgehead atoms. The molecule has 2 aromatic rings. The molecule has 7 nitrogen and oxygen atoms in total. The standard InChI is InChI=1S/C14H17N5O2S/c20-12(19-7-9-21-10-8-19)4-6-16-14-18-17-13(22-14)11-3-1-2-5-15-11/h1-3,5H,4,6-10H2,(H,16,18). The molecule has 0 spiro atoms. The molecule has 3 heterocycles. The van der Waals surface area contributed by atoms with Gasteiger partial charge in [-0.05, 0) is 12.1 Å². The third kappa shape index (κ3) is 3.77. The lowest BCUT2D eigenvalue weighted by molar-refractivity contribution is -0.134. The maximum atomic E-state index is 12.0. The molecule has 0 unspecified atom stereocenters. The van der Waals surface area contributed by atoms with E-state index in [1.54, 1.807) is 6.20 Å². The highest BCUT2D eigenvalue weighted by Crippen LogP contribution is 2.24. The molecule has 22 heavy (non-hydrogen) atoms. The van der Waals surface area contributed by atoms with Gasteiger partial charge in [-0.15, -0.1) is 10.2 Å². The summed E-state index contributed by atoms with van der Waals surface area (Å²) in [5.41, 5.74) is 0.803. The molecule has 1 saturated heterocycles. The molecule has 0 aromatic carbocycles. The zero-order valence-electron chi connectivity index (χ0n) is 12.1. The average molecular weight is 319 g/mol. The predicted octanol–water partition coefficient (Wildman–Crippen LogP) is 1.26. The fourth-order valence-electron chi connectivity index (χ4n) is 2.13. The monoisotopic (exact) mass is 319 g/mol. The van der Waals surface area contributed by atoms with Crippen LogP contribution in [0.2, 0.25) is 0 Å². The van der Waals surface area contributed by atoms with Crippen molar-refractivity contribution in [2.24, 2.45) is 0 Å².